The van der Waals surface area contributed by atoms with Gasteiger partial charge in [-0.3, -0.25) is 24.0 Å². The average molecular weight is 780 g/mol. The smallest absolute Gasteiger partial charge is 0.416 e. The molecule has 0 unspecified atom stereocenters. The van der Waals surface area contributed by atoms with Crippen molar-refractivity contribution >= 4 is 39.5 Å². The van der Waals surface area contributed by atoms with Crippen LogP contribution in [0.15, 0.2) is 42.5 Å². The Bertz CT molecular complexity index is 1970. The molecule has 3 fully saturated rings. The largest absolute Gasteiger partial charge is 0.444 e. The van der Waals surface area contributed by atoms with Gasteiger partial charge in [0, 0.05) is 25.2 Å². The predicted octanol–water partition coefficient (Wildman–Crippen LogP) is 5.08. The van der Waals surface area contributed by atoms with Crippen molar-refractivity contribution in [2.45, 2.75) is 114 Å². The predicted molar refractivity (Wildman–Crippen MR) is 188 cm³/mol. The van der Waals surface area contributed by atoms with Gasteiger partial charge in [0.25, 0.3) is 5.91 Å². The summed E-state index contributed by atoms with van der Waals surface area (Å²) in [6.45, 7) is 8.38. The first-order valence-electron chi connectivity index (χ1n) is 17.9. The Morgan fingerprint density at radius 3 is 2.31 bits per heavy atom. The molecule has 2 saturated carbocycles. The average Bonchev–Trinajstić information content (AvgIpc) is 3.90. The van der Waals surface area contributed by atoms with Crippen molar-refractivity contribution in [1.29, 1.82) is 0 Å². The summed E-state index contributed by atoms with van der Waals surface area (Å²) in [5.74, 6) is -3.18. The van der Waals surface area contributed by atoms with Gasteiger partial charge in [0.05, 0.1) is 16.9 Å². The molecule has 5 atom stereocenters. The highest BCUT2D eigenvalue weighted by molar-refractivity contribution is 7.91. The number of nitrogens with zero attached hydrogens (tertiary/aromatic N) is 2. The highest BCUT2D eigenvalue weighted by Gasteiger charge is 2.63. The van der Waals surface area contributed by atoms with E-state index in [2.05, 4.69) is 15.4 Å². The van der Waals surface area contributed by atoms with Crippen LogP contribution in [0.4, 0.5) is 28.0 Å². The molecule has 4 aliphatic rings. The van der Waals surface area contributed by atoms with Gasteiger partial charge in [-0.25, -0.2) is 17.6 Å². The minimum Gasteiger partial charge on any atom is -0.444 e. The molecule has 0 radical (unpaired) electrons. The Hall–Kier alpha value is -4.41. The van der Waals surface area contributed by atoms with E-state index in [1.165, 1.54) is 41.0 Å². The lowest BCUT2D eigenvalue weighted by atomic mass is 9.85. The highest BCUT2D eigenvalue weighted by atomic mass is 32.2. The van der Waals surface area contributed by atoms with Crippen molar-refractivity contribution in [2.24, 2.45) is 11.3 Å². The van der Waals surface area contributed by atoms with Crippen molar-refractivity contribution in [1.82, 2.24) is 19.8 Å². The van der Waals surface area contributed by atoms with Crippen LogP contribution < -0.4 is 15.4 Å². The third-order valence-corrected chi connectivity index (χ3v) is 13.2. The second-order valence-corrected chi connectivity index (χ2v) is 18.4. The zero-order valence-electron chi connectivity index (χ0n) is 30.7. The number of likely N-dealkylation sites (tertiary alicyclic amines) is 1. The van der Waals surface area contributed by atoms with Crippen molar-refractivity contribution < 1.29 is 49.9 Å². The minimum absolute atomic E-state index is 0.0104. The Kier molecular flexibility index (Phi) is 9.98. The summed E-state index contributed by atoms with van der Waals surface area (Å²) in [6, 6.07) is 6.06. The number of carbonyl (C=O) groups excluding carboxylic acids is 4. The van der Waals surface area contributed by atoms with Gasteiger partial charge in [-0.1, -0.05) is 46.2 Å². The summed E-state index contributed by atoms with van der Waals surface area (Å²) in [5.41, 5.74) is -2.06. The molecule has 294 valence electrons. The van der Waals surface area contributed by atoms with Crippen molar-refractivity contribution in [3.8, 4) is 0 Å². The van der Waals surface area contributed by atoms with Gasteiger partial charge in [0.2, 0.25) is 21.8 Å². The summed E-state index contributed by atoms with van der Waals surface area (Å²) in [6.07, 6.45) is -5.25. The van der Waals surface area contributed by atoms with Crippen LogP contribution in [-0.2, 0) is 48.4 Å². The Labute approximate surface area is 311 Å². The van der Waals surface area contributed by atoms with Gasteiger partial charge in [0.1, 0.15) is 29.5 Å². The zero-order chi connectivity index (χ0) is 39.6. The summed E-state index contributed by atoms with van der Waals surface area (Å²) in [4.78, 5) is 58.3. The molecule has 0 aromatic heterocycles. The number of alkyl halides is 3. The van der Waals surface area contributed by atoms with Gasteiger partial charge in [-0.15, -0.1) is 0 Å². The van der Waals surface area contributed by atoms with Crippen molar-refractivity contribution in [2.75, 3.05) is 11.9 Å². The topological polar surface area (TPSA) is 154 Å². The third kappa shape index (κ3) is 7.73. The maximum atomic E-state index is 14.5. The van der Waals surface area contributed by atoms with E-state index in [1.807, 2.05) is 0 Å². The standard InChI is InChI=1S/C37H45F4N5O7S/c1-6-23-17-36(23,32(49)44-54(51,52)35(5)12-13-35)43-30(47)28-16-27(53-33(50)45-18-21-10-11-25(38)14-22(21)19-45)20-46(28)31(48)29(34(2,3)4)42-26-9-7-8-24(15-26)37(39,40)41/h7-11,14-15,23,27-29,42H,6,12-13,16-20H2,1-5H3,(H,43,47)(H,44,49)/t23-,27-,28+,29-,36-/m1/s1. The molecule has 4 amide bonds. The van der Waals surface area contributed by atoms with E-state index in [-0.39, 0.29) is 38.2 Å². The molecular formula is C37H45F4N5O7S. The molecule has 2 heterocycles. The fourth-order valence-electron chi connectivity index (χ4n) is 7.25. The summed E-state index contributed by atoms with van der Waals surface area (Å²) in [5, 5.41) is 5.67. The second-order valence-electron chi connectivity index (χ2n) is 16.2. The van der Waals surface area contributed by atoms with E-state index < -0.39 is 91.2 Å². The van der Waals surface area contributed by atoms with Gasteiger partial charge < -0.3 is 20.3 Å². The number of rotatable bonds is 10. The molecule has 2 aliphatic carbocycles. The molecular weight excluding hydrogens is 734 g/mol. The maximum Gasteiger partial charge on any atom is 0.416 e. The van der Waals surface area contributed by atoms with Gasteiger partial charge in [0.15, 0.2) is 0 Å². The molecule has 54 heavy (non-hydrogen) atoms. The van der Waals surface area contributed by atoms with E-state index in [0.29, 0.717) is 24.8 Å². The number of halogens is 4. The number of fused-ring (bicyclic) bond motifs is 1. The maximum absolute atomic E-state index is 14.5. The lowest BCUT2D eigenvalue weighted by molar-refractivity contribution is -0.141. The normalized spacial score (nSPS) is 25.0. The number of nitrogens with one attached hydrogen (secondary N) is 3. The van der Waals surface area contributed by atoms with Crippen molar-refractivity contribution in [3.63, 3.8) is 0 Å². The van der Waals surface area contributed by atoms with Crippen LogP contribution in [0.3, 0.4) is 0 Å². The monoisotopic (exact) mass is 779 g/mol. The lowest BCUT2D eigenvalue weighted by Gasteiger charge is -2.36. The van der Waals surface area contributed by atoms with E-state index in [1.54, 1.807) is 33.8 Å². The highest BCUT2D eigenvalue weighted by Crippen LogP contribution is 2.48. The first kappa shape index (κ1) is 39.3. The Morgan fingerprint density at radius 2 is 1.70 bits per heavy atom. The van der Waals surface area contributed by atoms with Crippen LogP contribution in [0.2, 0.25) is 0 Å². The number of sulfonamides is 1. The number of amides is 4. The molecule has 0 bridgehead atoms. The fourth-order valence-corrected chi connectivity index (χ4v) is 8.56. The van der Waals surface area contributed by atoms with Crippen LogP contribution in [0.25, 0.3) is 0 Å². The number of anilines is 1. The first-order valence-corrected chi connectivity index (χ1v) is 19.4. The number of hydrogen-bond donors (Lipinski definition) is 3. The second kappa shape index (κ2) is 13.7. The molecule has 2 aromatic rings. The third-order valence-electron chi connectivity index (χ3n) is 11.1. The quantitative estimate of drug-likeness (QED) is 0.283. The zero-order valence-corrected chi connectivity index (χ0v) is 31.5. The minimum atomic E-state index is -4.64. The van der Waals surface area contributed by atoms with E-state index in [4.69, 9.17) is 4.74 Å². The van der Waals surface area contributed by atoms with Gasteiger partial charge in [-0.2, -0.15) is 13.2 Å². The van der Waals surface area contributed by atoms with Crippen molar-refractivity contribution in [3.05, 3.63) is 65.0 Å². The van der Waals surface area contributed by atoms with Crippen LogP contribution in [0.1, 0.15) is 83.4 Å². The summed E-state index contributed by atoms with van der Waals surface area (Å²) in [7, 11) is -4.04. The number of benzene rings is 2. The SMILES string of the molecule is CC[C@@H]1C[C@]1(NC(=O)[C@@H]1C[C@@H](OC(=O)N2Cc3ccc(F)cc3C2)CN1C(=O)[C@@H](Nc1cccc(C(F)(F)F)c1)C(C)(C)C)C(=O)NS(=O)(=O)C1(C)CC1. The van der Waals surface area contributed by atoms with E-state index >= 15 is 0 Å². The number of ether oxygens (including phenoxy) is 1. The van der Waals surface area contributed by atoms with E-state index in [0.717, 1.165) is 17.7 Å². The van der Waals surface area contributed by atoms with Gasteiger partial charge in [-0.05, 0) is 79.0 Å². The van der Waals surface area contributed by atoms with Crippen LogP contribution >= 0.6 is 0 Å². The first-order chi connectivity index (χ1) is 25.1. The molecule has 1 saturated heterocycles. The van der Waals surface area contributed by atoms with E-state index in [9.17, 15) is 45.2 Å². The Morgan fingerprint density at radius 1 is 1.02 bits per heavy atom. The number of carbonyl (C=O) groups is 4. The lowest BCUT2D eigenvalue weighted by Crippen LogP contribution is -2.59. The molecule has 17 heteroatoms. The summed E-state index contributed by atoms with van der Waals surface area (Å²) >= 11 is 0. The van der Waals surface area contributed by atoms with Crippen LogP contribution in [0, 0.1) is 17.2 Å². The number of hydrogen-bond acceptors (Lipinski definition) is 8. The molecule has 2 aromatic carbocycles. The van der Waals surface area contributed by atoms with Gasteiger partial charge >= 0.3 is 12.3 Å². The molecule has 0 spiro atoms. The fraction of sp³-hybridized carbons (Fsp3) is 0.568. The molecule has 2 aliphatic heterocycles. The van der Waals surface area contributed by atoms with Crippen LogP contribution in [-0.4, -0.2) is 77.1 Å². The molecule has 12 nitrogen and oxygen atoms in total. The Balaban J connectivity index is 1.26. The summed E-state index contributed by atoms with van der Waals surface area (Å²) < 4.78 is 87.4. The molecule has 3 N–H and O–H groups in total. The van der Waals surface area contributed by atoms with Crippen LogP contribution in [0.5, 0.6) is 0 Å². The molecule has 6 rings (SSSR count).